The molecule has 332 valence electrons. The van der Waals surface area contributed by atoms with Crippen molar-refractivity contribution in [2.75, 3.05) is 32.6 Å². The second kappa shape index (κ2) is 17.7. The number of Topliss-reactive ketones (excluding diaryl/α,β-unsaturated/α-hetero) is 1. The van der Waals surface area contributed by atoms with Gasteiger partial charge in [-0.25, -0.2) is 0 Å². The molecule has 5 aliphatic rings. The van der Waals surface area contributed by atoms with Crippen molar-refractivity contribution in [3.63, 3.8) is 0 Å². The third-order valence-corrected chi connectivity index (χ3v) is 13.2. The van der Waals surface area contributed by atoms with Crippen LogP contribution in [0.3, 0.4) is 0 Å². The molecule has 16 heteroatoms. The van der Waals surface area contributed by atoms with E-state index in [4.69, 9.17) is 24.0 Å². The van der Waals surface area contributed by atoms with Crippen LogP contribution in [0.5, 0.6) is 23.0 Å². The molecule has 7 rings (SSSR count). The number of hydrogen-bond acceptors (Lipinski definition) is 15. The maximum atomic E-state index is 14.5. The van der Waals surface area contributed by atoms with E-state index in [1.807, 2.05) is 5.01 Å². The van der Waals surface area contributed by atoms with E-state index in [-0.39, 0.29) is 56.6 Å². The number of likely N-dealkylation sites (N-methyl/N-ethyl adjacent to an activating group) is 1. The number of ether oxygens (including phenoxy) is 4. The van der Waals surface area contributed by atoms with Crippen molar-refractivity contribution in [2.24, 2.45) is 28.8 Å². The molecule has 0 aromatic heterocycles. The average molecular weight is 849 g/mol. The fraction of sp³-hybridized carbons (Fsp3) is 0.556. The van der Waals surface area contributed by atoms with Gasteiger partial charge in [0.1, 0.15) is 23.4 Å². The van der Waals surface area contributed by atoms with Gasteiger partial charge >= 0.3 is 11.8 Å². The lowest BCUT2D eigenvalue weighted by Crippen LogP contribution is -2.49. The van der Waals surface area contributed by atoms with Gasteiger partial charge in [0.05, 0.1) is 66.1 Å². The number of piperazine rings is 1. The quantitative estimate of drug-likeness (QED) is 0.105. The monoisotopic (exact) mass is 848 g/mol. The minimum Gasteiger partial charge on any atom is -0.507 e. The van der Waals surface area contributed by atoms with Crippen LogP contribution in [-0.2, 0) is 23.8 Å². The summed E-state index contributed by atoms with van der Waals surface area (Å²) in [6.45, 7) is 13.8. The highest BCUT2D eigenvalue weighted by atomic mass is 16.7. The summed E-state index contributed by atoms with van der Waals surface area (Å²) < 4.78 is 23.7. The van der Waals surface area contributed by atoms with E-state index in [0.717, 1.165) is 12.8 Å². The zero-order valence-corrected chi connectivity index (χ0v) is 36.5. The second-order valence-electron chi connectivity index (χ2n) is 17.3. The van der Waals surface area contributed by atoms with E-state index in [9.17, 15) is 39.9 Å². The Kier molecular flexibility index (Phi) is 13.1. The van der Waals surface area contributed by atoms with Gasteiger partial charge in [-0.3, -0.25) is 24.3 Å². The summed E-state index contributed by atoms with van der Waals surface area (Å²) in [6.07, 6.45) is 6.96. The Morgan fingerprint density at radius 2 is 1.61 bits per heavy atom. The van der Waals surface area contributed by atoms with Gasteiger partial charge in [-0.2, -0.15) is 5.10 Å². The fourth-order valence-corrected chi connectivity index (χ4v) is 9.20. The first-order chi connectivity index (χ1) is 28.7. The molecular weight excluding hydrogens is 789 g/mol. The van der Waals surface area contributed by atoms with Gasteiger partial charge in [0.2, 0.25) is 0 Å². The number of aliphatic hydroxyl groups excluding tert-OH is 2. The van der Waals surface area contributed by atoms with Crippen molar-refractivity contribution in [2.45, 2.75) is 111 Å². The standard InChI is InChI=1S/C45H60N4O12/c1-21-12-11-13-22(2)44(57)47-35-30(18-46-49-19-28-14-15-29(20-49)48(28)9)39(54)32-33(40(35)55)38(53)26(6)42-34(32)43(56)45(8,61-42)59-17-16-31(58-10)23(3)41(60-27(7)50)25(5)37(52)24(4)36(21)51/h11-13,16-18,21,23-25,28-29,31,36-37,41,51-55H,14-15,19-20H2,1-10H3,(H,47,57)/b12-11-,17-16?,22-13-,46-18+. The molecule has 2 saturated heterocycles. The second-order valence-corrected chi connectivity index (χ2v) is 17.3. The topological polar surface area (TPSA) is 220 Å². The molecule has 6 N–H and O–H groups in total. The zero-order chi connectivity index (χ0) is 44.8. The van der Waals surface area contributed by atoms with E-state index in [1.54, 1.807) is 39.8 Å². The van der Waals surface area contributed by atoms with Crippen molar-refractivity contribution in [1.82, 2.24) is 9.91 Å². The number of amides is 1. The molecule has 0 radical (unpaired) electrons. The Bertz CT molecular complexity index is 2170. The maximum absolute atomic E-state index is 14.5. The molecule has 11 atom stereocenters. The predicted molar refractivity (Wildman–Crippen MR) is 228 cm³/mol. The van der Waals surface area contributed by atoms with Crippen LogP contribution in [0.2, 0.25) is 0 Å². The van der Waals surface area contributed by atoms with Crippen LogP contribution in [0.15, 0.2) is 41.2 Å². The van der Waals surface area contributed by atoms with Crippen LogP contribution < -0.4 is 10.1 Å². The average Bonchev–Trinajstić information content (AvgIpc) is 3.58. The number of aromatic hydroxyl groups is 3. The molecule has 1 amide bonds. The number of phenolic OH excluding ortho intramolecular Hbond substituents is 3. The first-order valence-corrected chi connectivity index (χ1v) is 20.8. The van der Waals surface area contributed by atoms with E-state index in [1.165, 1.54) is 59.4 Å². The van der Waals surface area contributed by atoms with Crippen LogP contribution in [0, 0.1) is 30.6 Å². The van der Waals surface area contributed by atoms with Gasteiger partial charge in [-0.15, -0.1) is 0 Å². The Balaban J connectivity index is 1.51. The number of nitrogens with zero attached hydrogens (tertiary/aromatic N) is 3. The molecular formula is C45H60N4O12. The number of anilines is 1. The smallest absolute Gasteiger partial charge is 0.312 e. The maximum Gasteiger partial charge on any atom is 0.312 e. The molecule has 0 spiro atoms. The third kappa shape index (κ3) is 8.42. The van der Waals surface area contributed by atoms with E-state index in [2.05, 4.69) is 17.3 Å². The normalized spacial score (nSPS) is 34.0. The Hall–Kier alpha value is -5.16. The molecule has 2 aromatic rings. The number of carbonyl (C=O) groups is 3. The largest absolute Gasteiger partial charge is 0.507 e. The zero-order valence-electron chi connectivity index (χ0n) is 36.5. The minimum atomic E-state index is -2.04. The summed E-state index contributed by atoms with van der Waals surface area (Å²) in [5.74, 6) is -8.29. The number of aliphatic hydroxyl groups is 2. The highest BCUT2D eigenvalue weighted by molar-refractivity contribution is 6.23. The van der Waals surface area contributed by atoms with Crippen molar-refractivity contribution >= 4 is 40.3 Å². The SMILES string of the molecule is COC1C=COC2(C)Oc3c(C)c(O)c4c(O)c(c(/C=N/N5CC6CCC(C5)N6C)c(O)c4c3C2=O)NC(=O)/C(C)=C\C=C/C(C)C(O)C(C)C(O)C(C)C(OC(C)=O)C1C. The van der Waals surface area contributed by atoms with Crippen LogP contribution in [-0.4, -0.2) is 129 Å². The van der Waals surface area contributed by atoms with Gasteiger partial charge in [0, 0.05) is 73.2 Å². The van der Waals surface area contributed by atoms with E-state index >= 15 is 0 Å². The Labute approximate surface area is 356 Å². The molecule has 2 aromatic carbocycles. The van der Waals surface area contributed by atoms with Crippen LogP contribution >= 0.6 is 0 Å². The number of rotatable bonds is 4. The summed E-state index contributed by atoms with van der Waals surface area (Å²) in [5, 5.41) is 67.5. The highest BCUT2D eigenvalue weighted by Gasteiger charge is 2.50. The third-order valence-electron chi connectivity index (χ3n) is 13.2. The summed E-state index contributed by atoms with van der Waals surface area (Å²) in [5.41, 5.74) is -0.303. The van der Waals surface area contributed by atoms with Crippen molar-refractivity contribution < 1.29 is 58.9 Å². The van der Waals surface area contributed by atoms with E-state index < -0.39 is 88.8 Å². The fourth-order valence-electron chi connectivity index (χ4n) is 9.20. The number of allylic oxidation sites excluding steroid dienone is 2. The lowest BCUT2D eigenvalue weighted by Gasteiger charge is -2.38. The summed E-state index contributed by atoms with van der Waals surface area (Å²) in [7, 11) is 3.52. The lowest BCUT2D eigenvalue weighted by atomic mass is 9.78. The summed E-state index contributed by atoms with van der Waals surface area (Å²) >= 11 is 0. The lowest BCUT2D eigenvalue weighted by molar-refractivity contribution is -0.160. The van der Waals surface area contributed by atoms with Gasteiger partial charge < -0.3 is 49.8 Å². The molecule has 16 nitrogen and oxygen atoms in total. The molecule has 7 bridgehead atoms. The number of hydrogen-bond donors (Lipinski definition) is 6. The van der Waals surface area contributed by atoms with Crippen molar-refractivity contribution in [3.05, 3.63) is 52.8 Å². The number of phenols is 3. The van der Waals surface area contributed by atoms with Gasteiger partial charge in [0.15, 0.2) is 5.75 Å². The first-order valence-electron chi connectivity index (χ1n) is 20.8. The molecule has 0 aliphatic carbocycles. The molecule has 5 aliphatic heterocycles. The van der Waals surface area contributed by atoms with Crippen LogP contribution in [0.25, 0.3) is 10.8 Å². The van der Waals surface area contributed by atoms with Gasteiger partial charge in [-0.1, -0.05) is 45.9 Å². The Morgan fingerprint density at radius 3 is 2.23 bits per heavy atom. The van der Waals surface area contributed by atoms with Gasteiger partial charge in [-0.05, 0) is 39.8 Å². The number of carbonyl (C=O) groups excluding carboxylic acids is 3. The Morgan fingerprint density at radius 1 is 0.951 bits per heavy atom. The van der Waals surface area contributed by atoms with Crippen molar-refractivity contribution in [1.29, 1.82) is 0 Å². The molecule has 0 saturated carbocycles. The highest BCUT2D eigenvalue weighted by Crippen LogP contribution is 2.55. The number of esters is 1. The van der Waals surface area contributed by atoms with Gasteiger partial charge in [0.25, 0.3) is 11.7 Å². The van der Waals surface area contributed by atoms with Crippen molar-refractivity contribution in [3.8, 4) is 23.0 Å². The molecule has 5 heterocycles. The number of nitrogens with one attached hydrogen (secondary N) is 1. The van der Waals surface area contributed by atoms with Crippen LogP contribution in [0.1, 0.15) is 82.8 Å². The molecule has 61 heavy (non-hydrogen) atoms. The van der Waals surface area contributed by atoms with E-state index in [0.29, 0.717) is 13.1 Å². The summed E-state index contributed by atoms with van der Waals surface area (Å²) in [6, 6.07) is 0.556. The number of ketones is 1. The predicted octanol–water partition coefficient (Wildman–Crippen LogP) is 4.87. The summed E-state index contributed by atoms with van der Waals surface area (Å²) in [4.78, 5) is 43.0. The number of fused-ring (bicyclic) bond motifs is 16. The van der Waals surface area contributed by atoms with Crippen LogP contribution in [0.4, 0.5) is 5.69 Å². The minimum absolute atomic E-state index is 0.0610. The number of hydrazone groups is 1. The number of benzene rings is 2. The number of methoxy groups -OCH3 is 1. The first kappa shape index (κ1) is 45.4. The molecule has 2 fully saturated rings. The molecule has 11 unspecified atom stereocenters.